The molecule has 0 aromatic heterocycles. The standard InChI is InChI=1S/C10H8BrClN2/c11-8-5-7(1-2-9(8)12)14-10(6-13)3-4-10/h1-2,5,14H,3-4H2. The number of rotatable bonds is 2. The third kappa shape index (κ3) is 1.87. The molecule has 0 saturated heterocycles. The van der Waals surface area contributed by atoms with E-state index in [0.717, 1.165) is 23.0 Å². The summed E-state index contributed by atoms with van der Waals surface area (Å²) in [6.45, 7) is 0. The minimum absolute atomic E-state index is 0.326. The zero-order valence-electron chi connectivity index (χ0n) is 7.35. The second-order valence-electron chi connectivity index (χ2n) is 3.45. The van der Waals surface area contributed by atoms with E-state index in [2.05, 4.69) is 27.3 Å². The fraction of sp³-hybridized carbons (Fsp3) is 0.300. The molecule has 2 nitrogen and oxygen atoms in total. The van der Waals surface area contributed by atoms with Crippen LogP contribution in [0.25, 0.3) is 0 Å². The van der Waals surface area contributed by atoms with Crippen LogP contribution >= 0.6 is 27.5 Å². The number of benzene rings is 1. The minimum Gasteiger partial charge on any atom is -0.367 e. The van der Waals surface area contributed by atoms with Gasteiger partial charge in [0.15, 0.2) is 0 Å². The Balaban J connectivity index is 2.19. The molecule has 0 heterocycles. The van der Waals surface area contributed by atoms with Crippen molar-refractivity contribution in [2.75, 3.05) is 5.32 Å². The molecule has 2 rings (SSSR count). The topological polar surface area (TPSA) is 35.8 Å². The monoisotopic (exact) mass is 270 g/mol. The van der Waals surface area contributed by atoms with Crippen molar-refractivity contribution in [2.45, 2.75) is 18.4 Å². The number of nitrogens with one attached hydrogen (secondary N) is 1. The zero-order valence-corrected chi connectivity index (χ0v) is 9.69. The van der Waals surface area contributed by atoms with Gasteiger partial charge in [0.2, 0.25) is 0 Å². The van der Waals surface area contributed by atoms with E-state index in [1.54, 1.807) is 6.07 Å². The van der Waals surface area contributed by atoms with Gasteiger partial charge in [-0.3, -0.25) is 0 Å². The number of hydrogen-bond acceptors (Lipinski definition) is 2. The first-order valence-electron chi connectivity index (χ1n) is 4.30. The lowest BCUT2D eigenvalue weighted by atomic mass is 10.2. The maximum atomic E-state index is 8.89. The van der Waals surface area contributed by atoms with Gasteiger partial charge in [-0.1, -0.05) is 11.6 Å². The van der Waals surface area contributed by atoms with Crippen LogP contribution in [0.2, 0.25) is 5.02 Å². The fourth-order valence-corrected chi connectivity index (χ4v) is 1.74. The summed E-state index contributed by atoms with van der Waals surface area (Å²) in [4.78, 5) is 0. The van der Waals surface area contributed by atoms with Gasteiger partial charge in [0, 0.05) is 10.2 Å². The SMILES string of the molecule is N#CC1(Nc2ccc(Cl)c(Br)c2)CC1. The first-order chi connectivity index (χ1) is 6.65. The summed E-state index contributed by atoms with van der Waals surface area (Å²) in [6.07, 6.45) is 1.84. The summed E-state index contributed by atoms with van der Waals surface area (Å²) in [6, 6.07) is 7.85. The largest absolute Gasteiger partial charge is 0.367 e. The average molecular weight is 272 g/mol. The van der Waals surface area contributed by atoms with Crippen molar-refractivity contribution in [3.8, 4) is 6.07 Å². The highest BCUT2D eigenvalue weighted by atomic mass is 79.9. The molecule has 1 fully saturated rings. The van der Waals surface area contributed by atoms with Gasteiger partial charge >= 0.3 is 0 Å². The van der Waals surface area contributed by atoms with Gasteiger partial charge in [0.25, 0.3) is 0 Å². The third-order valence-corrected chi connectivity index (χ3v) is 3.48. The molecule has 1 aliphatic carbocycles. The smallest absolute Gasteiger partial charge is 0.125 e. The predicted molar refractivity (Wildman–Crippen MR) is 60.4 cm³/mol. The van der Waals surface area contributed by atoms with Crippen LogP contribution in [0, 0.1) is 11.3 Å². The number of anilines is 1. The first kappa shape index (κ1) is 9.82. The van der Waals surface area contributed by atoms with Crippen molar-refractivity contribution < 1.29 is 0 Å². The zero-order chi connectivity index (χ0) is 10.2. The number of nitrogens with zero attached hydrogens (tertiary/aromatic N) is 1. The Bertz CT molecular complexity index is 407. The van der Waals surface area contributed by atoms with Crippen LogP contribution in [0.15, 0.2) is 22.7 Å². The van der Waals surface area contributed by atoms with E-state index in [1.165, 1.54) is 0 Å². The summed E-state index contributed by atoms with van der Waals surface area (Å²) in [7, 11) is 0. The molecule has 4 heteroatoms. The van der Waals surface area contributed by atoms with E-state index in [0.29, 0.717) is 5.02 Å². The number of halogens is 2. The molecule has 0 amide bonds. The maximum absolute atomic E-state index is 8.89. The van der Waals surface area contributed by atoms with Crippen molar-refractivity contribution in [3.63, 3.8) is 0 Å². The molecule has 0 radical (unpaired) electrons. The molecule has 0 bridgehead atoms. The normalized spacial score (nSPS) is 17.2. The first-order valence-corrected chi connectivity index (χ1v) is 5.47. The summed E-state index contributed by atoms with van der Waals surface area (Å²) < 4.78 is 0.845. The lowest BCUT2D eigenvalue weighted by Gasteiger charge is -2.11. The predicted octanol–water partition coefficient (Wildman–Crippen LogP) is 3.57. The second-order valence-corrected chi connectivity index (χ2v) is 4.71. The molecule has 0 spiro atoms. The number of nitriles is 1. The Morgan fingerprint density at radius 3 is 2.71 bits per heavy atom. The lowest BCUT2D eigenvalue weighted by molar-refractivity contribution is 0.946. The van der Waals surface area contributed by atoms with Crippen LogP contribution in [-0.4, -0.2) is 5.54 Å². The molecule has 72 valence electrons. The van der Waals surface area contributed by atoms with Gasteiger partial charge in [-0.05, 0) is 47.0 Å². The van der Waals surface area contributed by atoms with E-state index in [1.807, 2.05) is 12.1 Å². The van der Waals surface area contributed by atoms with Crippen LogP contribution in [0.1, 0.15) is 12.8 Å². The lowest BCUT2D eigenvalue weighted by Crippen LogP contribution is -2.18. The maximum Gasteiger partial charge on any atom is 0.125 e. The van der Waals surface area contributed by atoms with E-state index >= 15 is 0 Å². The Morgan fingerprint density at radius 1 is 1.50 bits per heavy atom. The van der Waals surface area contributed by atoms with Crippen LogP contribution in [0.5, 0.6) is 0 Å². The van der Waals surface area contributed by atoms with Gasteiger partial charge in [-0.25, -0.2) is 0 Å². The van der Waals surface area contributed by atoms with Gasteiger partial charge in [-0.2, -0.15) is 5.26 Å². The molecule has 1 aromatic carbocycles. The molecular formula is C10H8BrClN2. The average Bonchev–Trinajstić information content (AvgIpc) is 2.93. The third-order valence-electron chi connectivity index (χ3n) is 2.27. The summed E-state index contributed by atoms with van der Waals surface area (Å²) in [5, 5.41) is 12.8. The van der Waals surface area contributed by atoms with Gasteiger partial charge in [0.05, 0.1) is 11.1 Å². The molecule has 0 unspecified atom stereocenters. The Labute approximate surface area is 96.0 Å². The summed E-state index contributed by atoms with van der Waals surface area (Å²) >= 11 is 9.20. The van der Waals surface area contributed by atoms with Crippen molar-refractivity contribution in [1.82, 2.24) is 0 Å². The molecule has 14 heavy (non-hydrogen) atoms. The van der Waals surface area contributed by atoms with Crippen LogP contribution in [-0.2, 0) is 0 Å². The molecule has 0 aliphatic heterocycles. The van der Waals surface area contributed by atoms with E-state index in [9.17, 15) is 0 Å². The highest BCUT2D eigenvalue weighted by Crippen LogP contribution is 2.39. The molecular weight excluding hydrogens is 263 g/mol. The molecule has 0 atom stereocenters. The molecule has 1 aromatic rings. The Hall–Kier alpha value is -0.720. The van der Waals surface area contributed by atoms with E-state index < -0.39 is 0 Å². The van der Waals surface area contributed by atoms with Crippen molar-refractivity contribution in [2.24, 2.45) is 0 Å². The van der Waals surface area contributed by atoms with Gasteiger partial charge in [-0.15, -0.1) is 0 Å². The minimum atomic E-state index is -0.326. The Morgan fingerprint density at radius 2 is 2.21 bits per heavy atom. The highest BCUT2D eigenvalue weighted by Gasteiger charge is 2.43. The molecule has 1 aliphatic rings. The van der Waals surface area contributed by atoms with Crippen molar-refractivity contribution in [1.29, 1.82) is 5.26 Å². The van der Waals surface area contributed by atoms with E-state index in [4.69, 9.17) is 16.9 Å². The highest BCUT2D eigenvalue weighted by molar-refractivity contribution is 9.10. The van der Waals surface area contributed by atoms with Crippen LogP contribution in [0.4, 0.5) is 5.69 Å². The van der Waals surface area contributed by atoms with Gasteiger partial charge in [0.1, 0.15) is 5.54 Å². The van der Waals surface area contributed by atoms with E-state index in [-0.39, 0.29) is 5.54 Å². The quantitative estimate of drug-likeness (QED) is 0.892. The van der Waals surface area contributed by atoms with Crippen molar-refractivity contribution in [3.05, 3.63) is 27.7 Å². The Kier molecular flexibility index (Phi) is 2.42. The second kappa shape index (κ2) is 3.45. The number of hydrogen-bond donors (Lipinski definition) is 1. The molecule has 1 N–H and O–H groups in total. The van der Waals surface area contributed by atoms with Crippen LogP contribution in [0.3, 0.4) is 0 Å². The fourth-order valence-electron chi connectivity index (χ4n) is 1.24. The molecule has 1 saturated carbocycles. The van der Waals surface area contributed by atoms with Gasteiger partial charge < -0.3 is 5.32 Å². The summed E-state index contributed by atoms with van der Waals surface area (Å²) in [5.74, 6) is 0. The van der Waals surface area contributed by atoms with Crippen LogP contribution < -0.4 is 5.32 Å². The summed E-state index contributed by atoms with van der Waals surface area (Å²) in [5.41, 5.74) is 0.605. The van der Waals surface area contributed by atoms with Crippen molar-refractivity contribution >= 4 is 33.2 Å².